The standard InChI is InChI=1S/C27H29N3O4/c1-4-34-27(33)24-17-28-30(19(24)3)23-11-9-22(10-12-23)26(32)29-15-13-21(14-16-29)25(31)20-7-5-18(2)6-8-20/h5-12,17,21H,4,13-16H2,1-3H3. The topological polar surface area (TPSA) is 81.5 Å². The molecule has 0 N–H and O–H groups in total. The van der Waals surface area contributed by atoms with Gasteiger partial charge < -0.3 is 9.64 Å². The van der Waals surface area contributed by atoms with Crippen molar-refractivity contribution in [3.05, 3.63) is 82.7 Å². The van der Waals surface area contributed by atoms with Crippen LogP contribution in [0.4, 0.5) is 0 Å². The third-order valence-corrected chi connectivity index (χ3v) is 6.35. The van der Waals surface area contributed by atoms with Crippen LogP contribution in [0.25, 0.3) is 5.69 Å². The number of aryl methyl sites for hydroxylation is 1. The number of Topliss-reactive ketones (excluding diaryl/α,β-unsaturated/α-hetero) is 1. The van der Waals surface area contributed by atoms with Gasteiger partial charge in [-0.3, -0.25) is 9.59 Å². The van der Waals surface area contributed by atoms with Crippen LogP contribution >= 0.6 is 0 Å². The minimum Gasteiger partial charge on any atom is -0.462 e. The van der Waals surface area contributed by atoms with Crippen LogP contribution in [0.5, 0.6) is 0 Å². The number of likely N-dealkylation sites (tertiary alicyclic amines) is 1. The molecule has 2 heterocycles. The van der Waals surface area contributed by atoms with Gasteiger partial charge >= 0.3 is 5.97 Å². The van der Waals surface area contributed by atoms with E-state index in [0.717, 1.165) is 16.8 Å². The van der Waals surface area contributed by atoms with Gasteiger partial charge in [-0.2, -0.15) is 5.10 Å². The number of nitrogens with zero attached hydrogens (tertiary/aromatic N) is 3. The fourth-order valence-electron chi connectivity index (χ4n) is 4.31. The number of esters is 1. The van der Waals surface area contributed by atoms with Crippen molar-refractivity contribution in [2.24, 2.45) is 5.92 Å². The lowest BCUT2D eigenvalue weighted by molar-refractivity contribution is 0.0525. The van der Waals surface area contributed by atoms with E-state index in [-0.39, 0.29) is 17.6 Å². The van der Waals surface area contributed by atoms with Crippen LogP contribution in [-0.4, -0.2) is 52.0 Å². The highest BCUT2D eigenvalue weighted by atomic mass is 16.5. The van der Waals surface area contributed by atoms with E-state index in [1.165, 1.54) is 6.20 Å². The van der Waals surface area contributed by atoms with Gasteiger partial charge in [0.1, 0.15) is 5.56 Å². The van der Waals surface area contributed by atoms with Gasteiger partial charge in [0.2, 0.25) is 0 Å². The SMILES string of the molecule is CCOC(=O)c1cnn(-c2ccc(C(=O)N3CCC(C(=O)c4ccc(C)cc4)CC3)cc2)c1C. The second kappa shape index (κ2) is 10.0. The Labute approximate surface area is 199 Å². The summed E-state index contributed by atoms with van der Waals surface area (Å²) in [6.07, 6.45) is 2.83. The molecule has 0 aliphatic carbocycles. The smallest absolute Gasteiger partial charge is 0.341 e. The molecular weight excluding hydrogens is 430 g/mol. The minimum atomic E-state index is -0.401. The van der Waals surface area contributed by atoms with Crippen molar-refractivity contribution in [2.75, 3.05) is 19.7 Å². The van der Waals surface area contributed by atoms with E-state index in [1.54, 1.807) is 30.7 Å². The molecular formula is C27H29N3O4. The lowest BCUT2D eigenvalue weighted by atomic mass is 9.88. The second-order valence-electron chi connectivity index (χ2n) is 8.62. The molecule has 1 amide bonds. The third-order valence-electron chi connectivity index (χ3n) is 6.35. The Morgan fingerprint density at radius 1 is 0.941 bits per heavy atom. The van der Waals surface area contributed by atoms with Crippen LogP contribution in [0.2, 0.25) is 0 Å². The van der Waals surface area contributed by atoms with Gasteiger partial charge in [-0.25, -0.2) is 9.48 Å². The van der Waals surface area contributed by atoms with E-state index in [0.29, 0.717) is 49.4 Å². The van der Waals surface area contributed by atoms with Crippen LogP contribution in [0.15, 0.2) is 54.7 Å². The normalized spacial score (nSPS) is 14.1. The number of carbonyl (C=O) groups is 3. The summed E-state index contributed by atoms with van der Waals surface area (Å²) in [6.45, 7) is 6.99. The number of benzene rings is 2. The predicted octanol–water partition coefficient (Wildman–Crippen LogP) is 4.40. The van der Waals surface area contributed by atoms with Crippen LogP contribution in [0.3, 0.4) is 0 Å². The van der Waals surface area contributed by atoms with Crippen molar-refractivity contribution in [2.45, 2.75) is 33.6 Å². The zero-order valence-electron chi connectivity index (χ0n) is 19.8. The molecule has 1 aliphatic rings. The molecule has 0 spiro atoms. The number of ketones is 1. The van der Waals surface area contributed by atoms with Crippen molar-refractivity contribution in [3.8, 4) is 5.69 Å². The molecule has 0 radical (unpaired) electrons. The molecule has 7 heteroatoms. The minimum absolute atomic E-state index is 0.0443. The Balaban J connectivity index is 1.39. The van der Waals surface area contributed by atoms with Crippen LogP contribution < -0.4 is 0 Å². The summed E-state index contributed by atoms with van der Waals surface area (Å²) in [5.41, 5.74) is 4.31. The fraction of sp³-hybridized carbons (Fsp3) is 0.333. The molecule has 7 nitrogen and oxygen atoms in total. The number of ether oxygens (including phenoxy) is 1. The molecule has 0 unspecified atom stereocenters. The summed E-state index contributed by atoms with van der Waals surface area (Å²) in [5.74, 6) is -0.335. The van der Waals surface area contributed by atoms with Crippen molar-refractivity contribution in [1.29, 1.82) is 0 Å². The molecule has 4 rings (SSSR count). The number of rotatable bonds is 6. The van der Waals surface area contributed by atoms with Gasteiger partial charge in [-0.15, -0.1) is 0 Å². The largest absolute Gasteiger partial charge is 0.462 e. The first-order chi connectivity index (χ1) is 16.4. The lowest BCUT2D eigenvalue weighted by Crippen LogP contribution is -2.40. The van der Waals surface area contributed by atoms with Crippen molar-refractivity contribution < 1.29 is 19.1 Å². The van der Waals surface area contributed by atoms with E-state index < -0.39 is 5.97 Å². The Morgan fingerprint density at radius 2 is 1.56 bits per heavy atom. The Hall–Kier alpha value is -3.74. The molecule has 1 saturated heterocycles. The first-order valence-electron chi connectivity index (χ1n) is 11.6. The molecule has 2 aromatic carbocycles. The van der Waals surface area contributed by atoms with Gasteiger partial charge in [0, 0.05) is 30.1 Å². The van der Waals surface area contributed by atoms with E-state index in [4.69, 9.17) is 4.74 Å². The van der Waals surface area contributed by atoms with Crippen molar-refractivity contribution >= 4 is 17.7 Å². The maximum Gasteiger partial charge on any atom is 0.341 e. The molecule has 1 aliphatic heterocycles. The second-order valence-corrected chi connectivity index (χ2v) is 8.62. The Bertz CT molecular complexity index is 1190. The lowest BCUT2D eigenvalue weighted by Gasteiger charge is -2.31. The van der Waals surface area contributed by atoms with Crippen molar-refractivity contribution in [3.63, 3.8) is 0 Å². The zero-order valence-corrected chi connectivity index (χ0v) is 19.8. The first-order valence-corrected chi connectivity index (χ1v) is 11.6. The zero-order chi connectivity index (χ0) is 24.2. The van der Waals surface area contributed by atoms with Crippen LogP contribution in [0, 0.1) is 19.8 Å². The van der Waals surface area contributed by atoms with Crippen molar-refractivity contribution in [1.82, 2.24) is 14.7 Å². The summed E-state index contributed by atoms with van der Waals surface area (Å²) in [7, 11) is 0. The number of amides is 1. The van der Waals surface area contributed by atoms with Crippen LogP contribution in [-0.2, 0) is 4.74 Å². The summed E-state index contributed by atoms with van der Waals surface area (Å²) >= 11 is 0. The Kier molecular flexibility index (Phi) is 6.91. The van der Waals surface area contributed by atoms with Gasteiger partial charge in [0.15, 0.2) is 5.78 Å². The number of hydrogen-bond acceptors (Lipinski definition) is 5. The number of aromatic nitrogens is 2. The maximum absolute atomic E-state index is 13.0. The van der Waals surface area contributed by atoms with E-state index in [1.807, 2.05) is 48.2 Å². The van der Waals surface area contributed by atoms with E-state index >= 15 is 0 Å². The monoisotopic (exact) mass is 459 g/mol. The third kappa shape index (κ3) is 4.78. The van der Waals surface area contributed by atoms with E-state index in [9.17, 15) is 14.4 Å². The number of piperidine rings is 1. The molecule has 176 valence electrons. The number of carbonyl (C=O) groups excluding carboxylic acids is 3. The molecule has 3 aromatic rings. The maximum atomic E-state index is 13.0. The van der Waals surface area contributed by atoms with Gasteiger partial charge in [0.05, 0.1) is 24.2 Å². The summed E-state index contributed by atoms with van der Waals surface area (Å²) in [5, 5.41) is 4.30. The highest BCUT2D eigenvalue weighted by molar-refractivity contribution is 5.98. The highest BCUT2D eigenvalue weighted by Gasteiger charge is 2.28. The molecule has 1 fully saturated rings. The molecule has 1 aromatic heterocycles. The summed E-state index contributed by atoms with van der Waals surface area (Å²) in [6, 6.07) is 14.8. The summed E-state index contributed by atoms with van der Waals surface area (Å²) < 4.78 is 6.72. The molecule has 0 atom stereocenters. The molecule has 0 saturated carbocycles. The van der Waals surface area contributed by atoms with Gasteiger partial charge in [0.25, 0.3) is 5.91 Å². The first kappa shape index (κ1) is 23.4. The fourth-order valence-corrected chi connectivity index (χ4v) is 4.31. The number of hydrogen-bond donors (Lipinski definition) is 0. The predicted molar refractivity (Wildman–Crippen MR) is 128 cm³/mol. The van der Waals surface area contributed by atoms with Crippen LogP contribution in [0.1, 0.15) is 62.1 Å². The Morgan fingerprint density at radius 3 is 2.18 bits per heavy atom. The van der Waals surface area contributed by atoms with Gasteiger partial charge in [-0.05, 0) is 57.9 Å². The molecule has 34 heavy (non-hydrogen) atoms. The average molecular weight is 460 g/mol. The molecule has 0 bridgehead atoms. The quantitative estimate of drug-likeness (QED) is 0.403. The highest BCUT2D eigenvalue weighted by Crippen LogP contribution is 2.24. The van der Waals surface area contributed by atoms with E-state index in [2.05, 4.69) is 5.10 Å². The average Bonchev–Trinajstić information content (AvgIpc) is 3.25. The van der Waals surface area contributed by atoms with Gasteiger partial charge in [-0.1, -0.05) is 29.8 Å². The summed E-state index contributed by atoms with van der Waals surface area (Å²) in [4.78, 5) is 39.7.